The van der Waals surface area contributed by atoms with E-state index in [1.807, 2.05) is 47.3 Å². The molecule has 0 aliphatic carbocycles. The number of likely N-dealkylation sites (N-methyl/N-ethyl adjacent to an activating group) is 1. The van der Waals surface area contributed by atoms with Crippen LogP contribution in [0.4, 0.5) is 8.78 Å². The van der Waals surface area contributed by atoms with Crippen molar-refractivity contribution in [2.45, 2.75) is 25.9 Å². The van der Waals surface area contributed by atoms with E-state index in [9.17, 15) is 19.1 Å². The molecule has 1 N–H and O–H groups in total. The van der Waals surface area contributed by atoms with Gasteiger partial charge in [-0.1, -0.05) is 18.7 Å². The molecule has 0 fully saturated rings. The summed E-state index contributed by atoms with van der Waals surface area (Å²) in [5.74, 6) is -2.02. The van der Waals surface area contributed by atoms with Crippen LogP contribution in [-0.4, -0.2) is 74.8 Å². The fraction of sp³-hybridized carbons (Fsp3) is 0.257. The second kappa shape index (κ2) is 12.0. The van der Waals surface area contributed by atoms with Crippen LogP contribution >= 0.6 is 11.3 Å². The van der Waals surface area contributed by atoms with Gasteiger partial charge in [0.05, 0.1) is 36.1 Å². The lowest BCUT2D eigenvalue weighted by Gasteiger charge is -2.33. The maximum absolute atomic E-state index is 16.0. The van der Waals surface area contributed by atoms with Crippen LogP contribution in [0.15, 0.2) is 60.5 Å². The average Bonchev–Trinajstić information content (AvgIpc) is 3.73. The number of carbonyl (C=O) groups is 2. The third-order valence-corrected chi connectivity index (χ3v) is 9.79. The van der Waals surface area contributed by atoms with Gasteiger partial charge in [0.15, 0.2) is 0 Å². The van der Waals surface area contributed by atoms with Crippen LogP contribution in [0.25, 0.3) is 43.9 Å². The number of hydrogen-bond acceptors (Lipinski definition) is 7. The highest BCUT2D eigenvalue weighted by atomic mass is 32.1. The van der Waals surface area contributed by atoms with Crippen LogP contribution in [0, 0.1) is 11.6 Å². The Kier molecular flexibility index (Phi) is 7.85. The van der Waals surface area contributed by atoms with Crippen molar-refractivity contribution in [3.05, 3.63) is 89.0 Å². The van der Waals surface area contributed by atoms with Crippen molar-refractivity contribution >= 4 is 33.2 Å². The number of ether oxygens (including phenoxy) is 1. The summed E-state index contributed by atoms with van der Waals surface area (Å²) in [7, 11) is 1.78. The van der Waals surface area contributed by atoms with Gasteiger partial charge in [-0.05, 0) is 48.6 Å². The fourth-order valence-corrected chi connectivity index (χ4v) is 7.45. The van der Waals surface area contributed by atoms with E-state index in [0.29, 0.717) is 63.5 Å². The Morgan fingerprint density at radius 2 is 1.96 bits per heavy atom. The average molecular weight is 656 g/mol. The zero-order valence-corrected chi connectivity index (χ0v) is 26.6. The number of benzene rings is 2. The molecule has 0 radical (unpaired) electrons. The SMILES string of the molecule is C=CC(=O)N1CCn2nc(-c3nc(-c4ccc5c(c4)C(=O)N(C)CC5)c4ccsc4c3-c3c(F)cc(F)cc3OCCO)cc2[C@H]1C. The van der Waals surface area contributed by atoms with E-state index in [1.165, 1.54) is 17.4 Å². The highest BCUT2D eigenvalue weighted by Crippen LogP contribution is 2.47. The first-order valence-corrected chi connectivity index (χ1v) is 16.1. The number of hydrogen-bond donors (Lipinski definition) is 1. The van der Waals surface area contributed by atoms with Crippen molar-refractivity contribution in [2.75, 3.05) is 33.4 Å². The van der Waals surface area contributed by atoms with E-state index in [-0.39, 0.29) is 42.4 Å². The quantitative estimate of drug-likeness (QED) is 0.221. The zero-order valence-electron chi connectivity index (χ0n) is 25.8. The Labute approximate surface area is 273 Å². The number of fused-ring (bicyclic) bond motifs is 3. The number of halogens is 2. The molecular weight excluding hydrogens is 624 g/mol. The van der Waals surface area contributed by atoms with Crippen LogP contribution in [0.5, 0.6) is 5.75 Å². The molecule has 0 unspecified atom stereocenters. The molecule has 240 valence electrons. The van der Waals surface area contributed by atoms with Gasteiger partial charge in [-0.3, -0.25) is 14.3 Å². The lowest BCUT2D eigenvalue weighted by Crippen LogP contribution is -2.40. The van der Waals surface area contributed by atoms with Gasteiger partial charge in [-0.2, -0.15) is 5.10 Å². The molecule has 0 saturated carbocycles. The molecule has 2 amide bonds. The number of thiophene rings is 1. The van der Waals surface area contributed by atoms with E-state index in [2.05, 4.69) is 6.58 Å². The maximum atomic E-state index is 16.0. The number of amides is 2. The molecule has 1 atom stereocenters. The molecule has 12 heteroatoms. The molecular formula is C35H31F2N5O4S. The van der Waals surface area contributed by atoms with Gasteiger partial charge in [0.2, 0.25) is 5.91 Å². The lowest BCUT2D eigenvalue weighted by atomic mass is 9.93. The molecule has 47 heavy (non-hydrogen) atoms. The predicted molar refractivity (Wildman–Crippen MR) is 175 cm³/mol. The van der Waals surface area contributed by atoms with Gasteiger partial charge < -0.3 is 19.6 Å². The standard InChI is InChI=1S/C35H31F2N5O4S/c1-4-29(44)41-10-11-42-27(19(41)2)18-26(39-42)33-31(30-25(37)16-22(36)17-28(30)46-13-12-43)34-23(8-14-47-34)32(38-33)21-6-5-20-7-9-40(3)35(45)24(20)15-21/h4-6,8,14-19,43H,1,7,9-13H2,2-3H3/t19-/m1/s1. The first-order chi connectivity index (χ1) is 22.7. The molecule has 3 aromatic heterocycles. The number of pyridine rings is 1. The number of aliphatic hydroxyl groups excluding tert-OH is 1. The Balaban J connectivity index is 1.50. The number of carbonyl (C=O) groups excluding carboxylic acids is 2. The molecule has 9 nitrogen and oxygen atoms in total. The summed E-state index contributed by atoms with van der Waals surface area (Å²) < 4.78 is 38.7. The van der Waals surface area contributed by atoms with Crippen molar-refractivity contribution < 1.29 is 28.2 Å². The number of aromatic nitrogens is 3. The normalized spacial score (nSPS) is 15.9. The van der Waals surface area contributed by atoms with Gasteiger partial charge in [0.1, 0.15) is 35.4 Å². The lowest BCUT2D eigenvalue weighted by molar-refractivity contribution is -0.129. The van der Waals surface area contributed by atoms with Crippen molar-refractivity contribution in [2.24, 2.45) is 0 Å². The molecule has 0 saturated heterocycles. The largest absolute Gasteiger partial charge is 0.490 e. The van der Waals surface area contributed by atoms with Gasteiger partial charge in [0.25, 0.3) is 5.91 Å². The third kappa shape index (κ3) is 5.17. The van der Waals surface area contributed by atoms with Crippen LogP contribution in [0.2, 0.25) is 0 Å². The molecule has 2 aliphatic rings. The smallest absolute Gasteiger partial charge is 0.253 e. The third-order valence-electron chi connectivity index (χ3n) is 8.86. The highest BCUT2D eigenvalue weighted by molar-refractivity contribution is 7.18. The highest BCUT2D eigenvalue weighted by Gasteiger charge is 2.32. The minimum Gasteiger partial charge on any atom is -0.490 e. The van der Waals surface area contributed by atoms with Crippen LogP contribution < -0.4 is 4.74 Å². The molecule has 2 aromatic carbocycles. The zero-order chi connectivity index (χ0) is 33.0. The first-order valence-electron chi connectivity index (χ1n) is 15.2. The molecule has 7 rings (SSSR count). The van der Waals surface area contributed by atoms with Gasteiger partial charge in [-0.15, -0.1) is 11.3 Å². The molecule has 0 bridgehead atoms. The first kappa shape index (κ1) is 30.7. The summed E-state index contributed by atoms with van der Waals surface area (Å²) in [6.07, 6.45) is 2.03. The summed E-state index contributed by atoms with van der Waals surface area (Å²) in [4.78, 5) is 34.3. The summed E-state index contributed by atoms with van der Waals surface area (Å²) in [6, 6.07) is 11.0. The molecule has 5 heterocycles. The molecule has 0 spiro atoms. The Morgan fingerprint density at radius 1 is 1.13 bits per heavy atom. The summed E-state index contributed by atoms with van der Waals surface area (Å²) >= 11 is 1.37. The molecule has 5 aromatic rings. The summed E-state index contributed by atoms with van der Waals surface area (Å²) in [5, 5.41) is 17.0. The number of nitrogens with zero attached hydrogens (tertiary/aromatic N) is 5. The van der Waals surface area contributed by atoms with Gasteiger partial charge in [-0.25, -0.2) is 13.8 Å². The van der Waals surface area contributed by atoms with Crippen LogP contribution in [0.1, 0.15) is 34.6 Å². The van der Waals surface area contributed by atoms with Crippen molar-refractivity contribution in [3.63, 3.8) is 0 Å². The topological polar surface area (TPSA) is 101 Å². The summed E-state index contributed by atoms with van der Waals surface area (Å²) in [5.41, 5.74) is 4.72. The Bertz CT molecular complexity index is 2090. The number of aliphatic hydroxyl groups is 1. The number of rotatable bonds is 7. The van der Waals surface area contributed by atoms with E-state index in [4.69, 9.17) is 14.8 Å². The van der Waals surface area contributed by atoms with E-state index < -0.39 is 11.6 Å². The van der Waals surface area contributed by atoms with Gasteiger partial charge >= 0.3 is 0 Å². The van der Waals surface area contributed by atoms with E-state index in [1.54, 1.807) is 16.8 Å². The van der Waals surface area contributed by atoms with E-state index in [0.717, 1.165) is 29.8 Å². The van der Waals surface area contributed by atoms with Crippen molar-refractivity contribution in [1.82, 2.24) is 24.6 Å². The Hall–Kier alpha value is -4.94. The van der Waals surface area contributed by atoms with Crippen molar-refractivity contribution in [1.29, 1.82) is 0 Å². The summed E-state index contributed by atoms with van der Waals surface area (Å²) in [6.45, 7) is 6.50. The van der Waals surface area contributed by atoms with Crippen LogP contribution in [0.3, 0.4) is 0 Å². The van der Waals surface area contributed by atoms with E-state index >= 15 is 4.39 Å². The minimum atomic E-state index is -0.856. The second-order valence-corrected chi connectivity index (χ2v) is 12.5. The maximum Gasteiger partial charge on any atom is 0.253 e. The fourth-order valence-electron chi connectivity index (χ4n) is 6.50. The monoisotopic (exact) mass is 655 g/mol. The minimum absolute atomic E-state index is 0.00826. The van der Waals surface area contributed by atoms with Crippen LogP contribution in [-0.2, 0) is 17.8 Å². The predicted octanol–water partition coefficient (Wildman–Crippen LogP) is 5.86. The Morgan fingerprint density at radius 3 is 2.74 bits per heavy atom. The second-order valence-electron chi connectivity index (χ2n) is 11.6. The van der Waals surface area contributed by atoms with Crippen molar-refractivity contribution in [3.8, 4) is 39.5 Å². The van der Waals surface area contributed by atoms with Gasteiger partial charge in [0, 0.05) is 59.0 Å². The molecule has 2 aliphatic heterocycles.